The highest BCUT2D eigenvalue weighted by Gasteiger charge is 2.09. The molecule has 5 heteroatoms. The summed E-state index contributed by atoms with van der Waals surface area (Å²) >= 11 is 0. The highest BCUT2D eigenvalue weighted by atomic mass is 16.5. The molecule has 5 nitrogen and oxygen atoms in total. The lowest BCUT2D eigenvalue weighted by Gasteiger charge is -2.08. The van der Waals surface area contributed by atoms with Crippen molar-refractivity contribution in [3.63, 3.8) is 0 Å². The fourth-order valence-corrected chi connectivity index (χ4v) is 2.74. The van der Waals surface area contributed by atoms with E-state index in [0.717, 1.165) is 27.1 Å². The highest BCUT2D eigenvalue weighted by Crippen LogP contribution is 2.27. The monoisotopic (exact) mass is 334 g/mol. The van der Waals surface area contributed by atoms with Crippen molar-refractivity contribution in [1.82, 2.24) is 5.43 Å². The van der Waals surface area contributed by atoms with Crippen LogP contribution in [0.2, 0.25) is 0 Å². The Hall–Kier alpha value is -3.21. The summed E-state index contributed by atoms with van der Waals surface area (Å²) in [5.74, 6) is -1.06. The standard InChI is InChI=1S/C20H18N2O3/c1-2-25-20(24)12-19(23)22-21-13-18-16-9-5-3-7-14(16)11-15-8-4-6-10-17(15)18/h3-11,13H,2,12H2,1H3,(H,22,23). The number of nitrogens with one attached hydrogen (secondary N) is 1. The molecule has 0 aliphatic carbocycles. The molecule has 3 aromatic rings. The van der Waals surface area contributed by atoms with Gasteiger partial charge >= 0.3 is 5.97 Å². The topological polar surface area (TPSA) is 67.8 Å². The number of fused-ring (bicyclic) bond motifs is 2. The Morgan fingerprint density at radius 3 is 2.24 bits per heavy atom. The average molecular weight is 334 g/mol. The molecule has 0 fully saturated rings. The van der Waals surface area contributed by atoms with Gasteiger partial charge in [-0.05, 0) is 34.5 Å². The van der Waals surface area contributed by atoms with Crippen LogP contribution in [0, 0.1) is 0 Å². The lowest BCUT2D eigenvalue weighted by atomic mass is 9.97. The van der Waals surface area contributed by atoms with Crippen molar-refractivity contribution in [3.8, 4) is 0 Å². The molecule has 0 radical (unpaired) electrons. The summed E-state index contributed by atoms with van der Waals surface area (Å²) in [7, 11) is 0. The number of nitrogens with zero attached hydrogens (tertiary/aromatic N) is 1. The first kappa shape index (κ1) is 16.6. The maximum Gasteiger partial charge on any atom is 0.315 e. The van der Waals surface area contributed by atoms with Crippen LogP contribution in [0.1, 0.15) is 18.9 Å². The highest BCUT2D eigenvalue weighted by molar-refractivity contribution is 6.13. The maximum absolute atomic E-state index is 11.7. The maximum atomic E-state index is 11.7. The van der Waals surface area contributed by atoms with Gasteiger partial charge in [0, 0.05) is 5.56 Å². The molecule has 126 valence electrons. The summed E-state index contributed by atoms with van der Waals surface area (Å²) in [6, 6.07) is 18.1. The van der Waals surface area contributed by atoms with Gasteiger partial charge in [-0.3, -0.25) is 9.59 Å². The van der Waals surface area contributed by atoms with Crippen LogP contribution in [0.15, 0.2) is 59.7 Å². The van der Waals surface area contributed by atoms with Crippen LogP contribution in [0.3, 0.4) is 0 Å². The summed E-state index contributed by atoms with van der Waals surface area (Å²) in [6.45, 7) is 1.94. The number of carbonyl (C=O) groups excluding carboxylic acids is 2. The number of esters is 1. The lowest BCUT2D eigenvalue weighted by molar-refractivity contribution is -0.145. The molecule has 0 unspecified atom stereocenters. The van der Waals surface area contributed by atoms with Crippen LogP contribution in [0.4, 0.5) is 0 Å². The molecule has 0 heterocycles. The number of hydrazone groups is 1. The Balaban J connectivity index is 1.89. The van der Waals surface area contributed by atoms with E-state index in [1.807, 2.05) is 48.5 Å². The van der Waals surface area contributed by atoms with Gasteiger partial charge in [-0.2, -0.15) is 5.10 Å². The summed E-state index contributed by atoms with van der Waals surface area (Å²) in [4.78, 5) is 23.0. The van der Waals surface area contributed by atoms with E-state index in [0.29, 0.717) is 0 Å². The molecule has 25 heavy (non-hydrogen) atoms. The third-order valence-corrected chi connectivity index (χ3v) is 3.81. The second kappa shape index (κ2) is 7.57. The third-order valence-electron chi connectivity index (χ3n) is 3.81. The average Bonchev–Trinajstić information content (AvgIpc) is 2.61. The molecule has 0 atom stereocenters. The fraction of sp³-hybridized carbons (Fsp3) is 0.150. The van der Waals surface area contributed by atoms with Crippen molar-refractivity contribution in [3.05, 3.63) is 60.2 Å². The Kier molecular flexibility index (Phi) is 5.04. The van der Waals surface area contributed by atoms with E-state index >= 15 is 0 Å². The van der Waals surface area contributed by atoms with Crippen LogP contribution in [-0.2, 0) is 14.3 Å². The van der Waals surface area contributed by atoms with Gasteiger partial charge in [0.05, 0.1) is 12.8 Å². The predicted octanol–water partition coefficient (Wildman–Crippen LogP) is 3.40. The zero-order valence-corrected chi connectivity index (χ0v) is 13.9. The normalized spacial score (nSPS) is 11.1. The summed E-state index contributed by atoms with van der Waals surface area (Å²) in [5, 5.41) is 8.31. The van der Waals surface area contributed by atoms with E-state index in [-0.39, 0.29) is 13.0 Å². The Labute approximate surface area is 145 Å². The van der Waals surface area contributed by atoms with Crippen molar-refractivity contribution in [2.24, 2.45) is 5.10 Å². The van der Waals surface area contributed by atoms with Crippen molar-refractivity contribution in [2.75, 3.05) is 6.61 Å². The Morgan fingerprint density at radius 1 is 1.04 bits per heavy atom. The second-order valence-electron chi connectivity index (χ2n) is 5.51. The fourth-order valence-electron chi connectivity index (χ4n) is 2.74. The molecular formula is C20H18N2O3. The smallest absolute Gasteiger partial charge is 0.315 e. The first-order valence-corrected chi connectivity index (χ1v) is 8.07. The quantitative estimate of drug-likeness (QED) is 0.256. The minimum atomic E-state index is -0.564. The number of rotatable bonds is 5. The number of benzene rings is 3. The summed E-state index contributed by atoms with van der Waals surface area (Å²) < 4.78 is 4.74. The first-order valence-electron chi connectivity index (χ1n) is 8.07. The predicted molar refractivity (Wildman–Crippen MR) is 98.4 cm³/mol. The van der Waals surface area contributed by atoms with Gasteiger partial charge in [-0.25, -0.2) is 5.43 Å². The molecule has 3 rings (SSSR count). The van der Waals surface area contributed by atoms with Gasteiger partial charge in [-0.1, -0.05) is 48.5 Å². The molecule has 0 bridgehead atoms. The molecule has 1 amide bonds. The zero-order chi connectivity index (χ0) is 17.6. The zero-order valence-electron chi connectivity index (χ0n) is 13.9. The van der Waals surface area contributed by atoms with E-state index in [4.69, 9.17) is 4.74 Å². The summed E-state index contributed by atoms with van der Waals surface area (Å²) in [6.07, 6.45) is 1.27. The van der Waals surface area contributed by atoms with Gasteiger partial charge in [0.1, 0.15) is 6.42 Å². The molecular weight excluding hydrogens is 316 g/mol. The molecule has 0 saturated carbocycles. The lowest BCUT2D eigenvalue weighted by Crippen LogP contribution is -2.22. The van der Waals surface area contributed by atoms with E-state index in [1.54, 1.807) is 13.1 Å². The number of hydrogen-bond acceptors (Lipinski definition) is 4. The number of amides is 1. The van der Waals surface area contributed by atoms with E-state index in [1.165, 1.54) is 0 Å². The van der Waals surface area contributed by atoms with Crippen molar-refractivity contribution in [1.29, 1.82) is 0 Å². The first-order chi connectivity index (χ1) is 12.2. The Morgan fingerprint density at radius 2 is 1.64 bits per heavy atom. The van der Waals surface area contributed by atoms with Crippen LogP contribution in [0.5, 0.6) is 0 Å². The number of hydrogen-bond donors (Lipinski definition) is 1. The van der Waals surface area contributed by atoms with Crippen LogP contribution < -0.4 is 5.43 Å². The molecule has 0 aromatic heterocycles. The number of carbonyl (C=O) groups is 2. The van der Waals surface area contributed by atoms with E-state index in [2.05, 4.69) is 16.6 Å². The summed E-state index contributed by atoms with van der Waals surface area (Å²) in [5.41, 5.74) is 3.30. The molecule has 1 N–H and O–H groups in total. The minimum absolute atomic E-state index is 0.247. The van der Waals surface area contributed by atoms with E-state index < -0.39 is 11.9 Å². The molecule has 3 aromatic carbocycles. The second-order valence-corrected chi connectivity index (χ2v) is 5.51. The molecule has 0 spiro atoms. The van der Waals surface area contributed by atoms with Crippen LogP contribution >= 0.6 is 0 Å². The van der Waals surface area contributed by atoms with Gasteiger partial charge < -0.3 is 4.74 Å². The van der Waals surface area contributed by atoms with Gasteiger partial charge in [0.2, 0.25) is 0 Å². The minimum Gasteiger partial charge on any atom is -0.466 e. The SMILES string of the molecule is CCOC(=O)CC(=O)NN=Cc1c2ccccc2cc2ccccc12. The largest absolute Gasteiger partial charge is 0.466 e. The van der Waals surface area contributed by atoms with Crippen molar-refractivity contribution < 1.29 is 14.3 Å². The van der Waals surface area contributed by atoms with E-state index in [9.17, 15) is 9.59 Å². The number of ether oxygens (including phenoxy) is 1. The van der Waals surface area contributed by atoms with Gasteiger partial charge in [0.25, 0.3) is 5.91 Å². The molecule has 0 aliphatic rings. The van der Waals surface area contributed by atoms with Gasteiger partial charge in [-0.15, -0.1) is 0 Å². The molecule has 0 aliphatic heterocycles. The Bertz CT molecular complexity index is 909. The third kappa shape index (κ3) is 3.83. The molecule has 0 saturated heterocycles. The van der Waals surface area contributed by atoms with Crippen LogP contribution in [0.25, 0.3) is 21.5 Å². The van der Waals surface area contributed by atoms with Crippen LogP contribution in [-0.4, -0.2) is 24.7 Å². The van der Waals surface area contributed by atoms with Gasteiger partial charge in [0.15, 0.2) is 0 Å². The van der Waals surface area contributed by atoms with Crippen molar-refractivity contribution >= 4 is 39.6 Å². The van der Waals surface area contributed by atoms with Crippen molar-refractivity contribution in [2.45, 2.75) is 13.3 Å².